The summed E-state index contributed by atoms with van der Waals surface area (Å²) in [6.07, 6.45) is 2.47. The summed E-state index contributed by atoms with van der Waals surface area (Å²) in [5.41, 5.74) is 1.000. The summed E-state index contributed by atoms with van der Waals surface area (Å²) < 4.78 is 4.94. The summed E-state index contributed by atoms with van der Waals surface area (Å²) in [6, 6.07) is 0. The molecule has 1 amide bonds. The van der Waals surface area contributed by atoms with Gasteiger partial charge in [0.2, 0.25) is 5.91 Å². The Bertz CT molecular complexity index is 340. The van der Waals surface area contributed by atoms with Crippen LogP contribution in [0.3, 0.4) is 0 Å². The lowest BCUT2D eigenvalue weighted by atomic mass is 10.1. The van der Waals surface area contributed by atoms with Crippen LogP contribution in [-0.4, -0.2) is 34.0 Å². The number of thioether (sulfide) groups is 1. The summed E-state index contributed by atoms with van der Waals surface area (Å²) in [7, 11) is 0. The number of hydrogen-bond donors (Lipinski definition) is 0. The van der Waals surface area contributed by atoms with Gasteiger partial charge in [0.1, 0.15) is 6.61 Å². The van der Waals surface area contributed by atoms with Crippen molar-refractivity contribution >= 4 is 23.6 Å². The molecule has 0 aromatic carbocycles. The minimum absolute atomic E-state index is 0.153. The van der Waals surface area contributed by atoms with Crippen molar-refractivity contribution in [3.05, 3.63) is 11.8 Å². The van der Waals surface area contributed by atoms with E-state index in [0.717, 1.165) is 5.57 Å². The second-order valence-electron chi connectivity index (χ2n) is 3.72. The van der Waals surface area contributed by atoms with Crippen LogP contribution in [0.25, 0.3) is 0 Å². The first-order valence-corrected chi connectivity index (χ1v) is 5.83. The van der Waals surface area contributed by atoms with Gasteiger partial charge in [0, 0.05) is 18.4 Å². The van der Waals surface area contributed by atoms with Crippen molar-refractivity contribution in [2.24, 2.45) is 0 Å². The quantitative estimate of drug-likeness (QED) is 0.524. The lowest BCUT2D eigenvalue weighted by Gasteiger charge is -2.43. The first-order valence-electron chi connectivity index (χ1n) is 4.88. The number of esters is 1. The zero-order valence-electron chi connectivity index (χ0n) is 8.73. The van der Waals surface area contributed by atoms with E-state index in [1.807, 2.05) is 6.20 Å². The Hall–Kier alpha value is -0.970. The van der Waals surface area contributed by atoms with Crippen LogP contribution in [0.2, 0.25) is 0 Å². The van der Waals surface area contributed by atoms with E-state index in [0.29, 0.717) is 23.7 Å². The Morgan fingerprint density at radius 2 is 2.47 bits per heavy atom. The van der Waals surface area contributed by atoms with Crippen molar-refractivity contribution in [2.45, 2.75) is 30.9 Å². The fraction of sp³-hybridized carbons (Fsp3) is 0.600. The van der Waals surface area contributed by atoms with Crippen LogP contribution >= 0.6 is 11.8 Å². The molecule has 0 aromatic heterocycles. The molecule has 0 unspecified atom stereocenters. The Balaban J connectivity index is 2.02. The van der Waals surface area contributed by atoms with Crippen LogP contribution in [-0.2, 0) is 14.3 Å². The van der Waals surface area contributed by atoms with E-state index in [2.05, 4.69) is 6.92 Å². The summed E-state index contributed by atoms with van der Waals surface area (Å²) in [4.78, 5) is 23.6. The Morgan fingerprint density at radius 1 is 1.73 bits per heavy atom. The van der Waals surface area contributed by atoms with Gasteiger partial charge in [-0.15, -0.1) is 11.8 Å². The first-order chi connectivity index (χ1) is 7.08. The second-order valence-corrected chi connectivity index (χ2v) is 5.25. The van der Waals surface area contributed by atoms with Gasteiger partial charge in [0.15, 0.2) is 0 Å². The highest BCUT2D eigenvalue weighted by Crippen LogP contribution is 2.39. The maximum absolute atomic E-state index is 11.2. The molecule has 2 aliphatic rings. The average molecular weight is 227 g/mol. The smallest absolute Gasteiger partial charge is 0.302 e. The van der Waals surface area contributed by atoms with E-state index in [4.69, 9.17) is 4.74 Å². The molecule has 2 atom stereocenters. The normalized spacial score (nSPS) is 29.1. The van der Waals surface area contributed by atoms with Gasteiger partial charge in [0.25, 0.3) is 0 Å². The maximum Gasteiger partial charge on any atom is 0.302 e. The zero-order chi connectivity index (χ0) is 11.0. The van der Waals surface area contributed by atoms with Gasteiger partial charge in [-0.1, -0.05) is 0 Å². The molecule has 2 heterocycles. The van der Waals surface area contributed by atoms with Crippen LogP contribution in [0, 0.1) is 0 Å². The lowest BCUT2D eigenvalue weighted by Crippen LogP contribution is -2.50. The molecular weight excluding hydrogens is 214 g/mol. The third kappa shape index (κ3) is 2.02. The SMILES string of the molecule is CC(=O)OCC1=CN2C(=O)C[C@H]2S[C@H]1C. The molecule has 2 rings (SSSR count). The highest BCUT2D eigenvalue weighted by molar-refractivity contribution is 8.00. The van der Waals surface area contributed by atoms with E-state index in [1.54, 1.807) is 16.7 Å². The van der Waals surface area contributed by atoms with Crippen molar-refractivity contribution < 1.29 is 14.3 Å². The topological polar surface area (TPSA) is 46.6 Å². The third-order valence-electron chi connectivity index (χ3n) is 2.58. The van der Waals surface area contributed by atoms with E-state index in [-0.39, 0.29) is 11.9 Å². The predicted molar refractivity (Wildman–Crippen MR) is 57.0 cm³/mol. The fourth-order valence-corrected chi connectivity index (χ4v) is 2.94. The average Bonchev–Trinajstić information content (AvgIpc) is 2.15. The van der Waals surface area contributed by atoms with Crippen LogP contribution in [0.4, 0.5) is 0 Å². The van der Waals surface area contributed by atoms with Gasteiger partial charge >= 0.3 is 5.97 Å². The summed E-state index contributed by atoms with van der Waals surface area (Å²) in [5, 5.41) is 0.618. The largest absolute Gasteiger partial charge is 0.461 e. The monoisotopic (exact) mass is 227 g/mol. The predicted octanol–water partition coefficient (Wildman–Crippen LogP) is 1.13. The van der Waals surface area contributed by atoms with Gasteiger partial charge in [-0.05, 0) is 12.5 Å². The van der Waals surface area contributed by atoms with Crippen LogP contribution < -0.4 is 0 Å². The molecule has 0 N–H and O–H groups in total. The second kappa shape index (κ2) is 3.89. The number of carbonyl (C=O) groups is 2. The number of rotatable bonds is 2. The van der Waals surface area contributed by atoms with Gasteiger partial charge in [-0.3, -0.25) is 9.59 Å². The molecule has 1 saturated heterocycles. The highest BCUT2D eigenvalue weighted by atomic mass is 32.2. The van der Waals surface area contributed by atoms with Crippen LogP contribution in [0.1, 0.15) is 20.3 Å². The molecule has 0 aliphatic carbocycles. The minimum Gasteiger partial charge on any atom is -0.461 e. The Kier molecular flexibility index (Phi) is 2.73. The molecule has 0 bridgehead atoms. The van der Waals surface area contributed by atoms with Gasteiger partial charge in [0.05, 0.1) is 11.8 Å². The molecule has 82 valence electrons. The van der Waals surface area contributed by atoms with Crippen molar-refractivity contribution in [2.75, 3.05) is 6.61 Å². The van der Waals surface area contributed by atoms with Crippen LogP contribution in [0.5, 0.6) is 0 Å². The van der Waals surface area contributed by atoms with E-state index in [1.165, 1.54) is 6.92 Å². The van der Waals surface area contributed by atoms with Gasteiger partial charge in [-0.2, -0.15) is 0 Å². The molecule has 5 heteroatoms. The van der Waals surface area contributed by atoms with Gasteiger partial charge < -0.3 is 9.64 Å². The zero-order valence-corrected chi connectivity index (χ0v) is 9.54. The van der Waals surface area contributed by atoms with E-state index >= 15 is 0 Å². The summed E-state index contributed by atoms with van der Waals surface area (Å²) in [5.74, 6) is -0.134. The lowest BCUT2D eigenvalue weighted by molar-refractivity contribution is -0.140. The van der Waals surface area contributed by atoms with Crippen molar-refractivity contribution in [1.29, 1.82) is 0 Å². The Labute approximate surface area is 92.6 Å². The number of ether oxygens (including phenoxy) is 1. The Morgan fingerprint density at radius 3 is 3.07 bits per heavy atom. The molecule has 0 saturated carbocycles. The van der Waals surface area contributed by atoms with E-state index < -0.39 is 0 Å². The first kappa shape index (κ1) is 10.5. The van der Waals surface area contributed by atoms with E-state index in [9.17, 15) is 9.59 Å². The molecule has 2 aliphatic heterocycles. The molecular formula is C10H13NO3S. The highest BCUT2D eigenvalue weighted by Gasteiger charge is 2.40. The van der Waals surface area contributed by atoms with Crippen LogP contribution in [0.15, 0.2) is 11.8 Å². The number of nitrogens with zero attached hydrogens (tertiary/aromatic N) is 1. The number of hydrogen-bond acceptors (Lipinski definition) is 4. The number of carbonyl (C=O) groups excluding carboxylic acids is 2. The molecule has 1 fully saturated rings. The molecule has 0 radical (unpaired) electrons. The van der Waals surface area contributed by atoms with Crippen molar-refractivity contribution in [1.82, 2.24) is 4.90 Å². The molecule has 0 aromatic rings. The van der Waals surface area contributed by atoms with Gasteiger partial charge in [-0.25, -0.2) is 0 Å². The fourth-order valence-electron chi connectivity index (χ4n) is 1.62. The number of fused-ring (bicyclic) bond motifs is 1. The summed E-state index contributed by atoms with van der Waals surface area (Å²) >= 11 is 1.75. The molecule has 15 heavy (non-hydrogen) atoms. The van der Waals surface area contributed by atoms with Crippen molar-refractivity contribution in [3.63, 3.8) is 0 Å². The maximum atomic E-state index is 11.2. The number of β-lactam (4-membered cyclic amide) rings is 1. The van der Waals surface area contributed by atoms with Crippen molar-refractivity contribution in [3.8, 4) is 0 Å². The molecule has 0 spiro atoms. The third-order valence-corrected chi connectivity index (χ3v) is 4.00. The standard InChI is InChI=1S/C10H13NO3S/c1-6-8(5-14-7(2)12)4-11-9(13)3-10(11)15-6/h4,6,10H,3,5H2,1-2H3/t6-,10+/m0/s1. The minimum atomic E-state index is -0.287. The number of amides is 1. The summed E-state index contributed by atoms with van der Waals surface area (Å²) in [6.45, 7) is 3.75. The molecule has 4 nitrogen and oxygen atoms in total.